The SMILES string of the molecule is NC1(CO)CCOc2c1ccnc2Cl. The van der Waals surface area contributed by atoms with E-state index in [1.54, 1.807) is 12.3 Å². The molecule has 76 valence electrons. The lowest BCUT2D eigenvalue weighted by molar-refractivity contribution is 0.138. The summed E-state index contributed by atoms with van der Waals surface area (Å²) in [6, 6.07) is 1.73. The topological polar surface area (TPSA) is 68.4 Å². The highest BCUT2D eigenvalue weighted by Crippen LogP contribution is 2.38. The molecule has 2 heterocycles. The molecule has 1 unspecified atom stereocenters. The van der Waals surface area contributed by atoms with Gasteiger partial charge in [-0.2, -0.15) is 0 Å². The lowest BCUT2D eigenvalue weighted by atomic mass is 9.87. The number of hydrogen-bond acceptors (Lipinski definition) is 4. The zero-order valence-corrected chi connectivity index (χ0v) is 8.29. The van der Waals surface area contributed by atoms with Crippen LogP contribution in [0, 0.1) is 0 Å². The summed E-state index contributed by atoms with van der Waals surface area (Å²) >= 11 is 5.85. The number of fused-ring (bicyclic) bond motifs is 1. The summed E-state index contributed by atoms with van der Waals surface area (Å²) in [6.07, 6.45) is 2.14. The summed E-state index contributed by atoms with van der Waals surface area (Å²) in [6.45, 7) is 0.333. The second-order valence-corrected chi connectivity index (χ2v) is 3.75. The summed E-state index contributed by atoms with van der Waals surface area (Å²) in [7, 11) is 0. The first-order chi connectivity index (χ1) is 6.67. The van der Waals surface area contributed by atoms with Crippen molar-refractivity contribution in [1.29, 1.82) is 0 Å². The highest BCUT2D eigenvalue weighted by atomic mass is 35.5. The van der Waals surface area contributed by atoms with Crippen LogP contribution in [0.3, 0.4) is 0 Å². The molecular weight excluding hydrogens is 204 g/mol. The lowest BCUT2D eigenvalue weighted by Crippen LogP contribution is -2.44. The van der Waals surface area contributed by atoms with Gasteiger partial charge in [-0.3, -0.25) is 0 Å². The summed E-state index contributed by atoms with van der Waals surface area (Å²) in [5, 5.41) is 9.54. The third-order valence-electron chi connectivity index (χ3n) is 2.47. The van der Waals surface area contributed by atoms with E-state index in [0.29, 0.717) is 23.9 Å². The number of rotatable bonds is 1. The Morgan fingerprint density at radius 1 is 1.71 bits per heavy atom. The summed E-state index contributed by atoms with van der Waals surface area (Å²) in [5.74, 6) is 0.497. The van der Waals surface area contributed by atoms with Crippen molar-refractivity contribution in [3.8, 4) is 5.75 Å². The maximum Gasteiger partial charge on any atom is 0.171 e. The Kier molecular flexibility index (Phi) is 2.34. The molecule has 0 saturated carbocycles. The van der Waals surface area contributed by atoms with Crippen LogP contribution in [0.5, 0.6) is 5.75 Å². The number of aliphatic hydroxyl groups is 1. The van der Waals surface area contributed by atoms with Gasteiger partial charge < -0.3 is 15.6 Å². The third-order valence-corrected chi connectivity index (χ3v) is 2.74. The fourth-order valence-corrected chi connectivity index (χ4v) is 1.80. The predicted octanol–water partition coefficient (Wildman–Crippen LogP) is 0.664. The molecule has 1 aromatic heterocycles. The first-order valence-electron chi connectivity index (χ1n) is 4.35. The van der Waals surface area contributed by atoms with Gasteiger partial charge in [0.05, 0.1) is 18.8 Å². The Hall–Kier alpha value is -0.840. The molecule has 0 aliphatic carbocycles. The normalized spacial score (nSPS) is 25.4. The Morgan fingerprint density at radius 2 is 2.50 bits per heavy atom. The molecule has 1 aliphatic heterocycles. The van der Waals surface area contributed by atoms with Crippen LogP contribution in [0.4, 0.5) is 0 Å². The van der Waals surface area contributed by atoms with Crippen molar-refractivity contribution in [3.63, 3.8) is 0 Å². The zero-order valence-electron chi connectivity index (χ0n) is 7.53. The second kappa shape index (κ2) is 3.38. The third kappa shape index (κ3) is 1.35. The molecule has 0 radical (unpaired) electrons. The van der Waals surface area contributed by atoms with Crippen LogP contribution in [-0.2, 0) is 5.54 Å². The molecule has 0 aromatic carbocycles. The van der Waals surface area contributed by atoms with Gasteiger partial charge in [0.15, 0.2) is 10.9 Å². The summed E-state index contributed by atoms with van der Waals surface area (Å²) < 4.78 is 5.37. The van der Waals surface area contributed by atoms with E-state index in [9.17, 15) is 5.11 Å². The quantitative estimate of drug-likeness (QED) is 0.674. The monoisotopic (exact) mass is 214 g/mol. The molecule has 0 saturated heterocycles. The van der Waals surface area contributed by atoms with Crippen LogP contribution in [0.2, 0.25) is 5.15 Å². The number of nitrogens with two attached hydrogens (primary N) is 1. The van der Waals surface area contributed by atoms with Gasteiger partial charge in [-0.25, -0.2) is 4.98 Å². The van der Waals surface area contributed by atoms with E-state index in [4.69, 9.17) is 22.1 Å². The molecule has 1 aromatic rings. The van der Waals surface area contributed by atoms with Crippen molar-refractivity contribution in [2.75, 3.05) is 13.2 Å². The van der Waals surface area contributed by atoms with Gasteiger partial charge in [0.25, 0.3) is 0 Å². The number of aliphatic hydroxyl groups excluding tert-OH is 1. The number of hydrogen-bond donors (Lipinski definition) is 2. The van der Waals surface area contributed by atoms with E-state index < -0.39 is 5.54 Å². The highest BCUT2D eigenvalue weighted by molar-refractivity contribution is 6.31. The van der Waals surface area contributed by atoms with E-state index in [-0.39, 0.29) is 6.61 Å². The molecule has 0 fully saturated rings. The van der Waals surface area contributed by atoms with Gasteiger partial charge in [0.1, 0.15) is 0 Å². The van der Waals surface area contributed by atoms with Crippen LogP contribution in [-0.4, -0.2) is 23.3 Å². The predicted molar refractivity (Wildman–Crippen MR) is 52.3 cm³/mol. The Bertz CT molecular complexity index is 359. The van der Waals surface area contributed by atoms with Crippen molar-refractivity contribution < 1.29 is 9.84 Å². The zero-order chi connectivity index (χ0) is 10.2. The fraction of sp³-hybridized carbons (Fsp3) is 0.444. The van der Waals surface area contributed by atoms with Crippen LogP contribution < -0.4 is 10.5 Å². The van der Waals surface area contributed by atoms with Crippen molar-refractivity contribution in [2.24, 2.45) is 5.73 Å². The molecule has 14 heavy (non-hydrogen) atoms. The average Bonchev–Trinajstić information content (AvgIpc) is 2.20. The molecule has 3 N–H and O–H groups in total. The van der Waals surface area contributed by atoms with Gasteiger partial charge in [-0.15, -0.1) is 0 Å². The van der Waals surface area contributed by atoms with E-state index in [2.05, 4.69) is 4.98 Å². The molecule has 0 amide bonds. The smallest absolute Gasteiger partial charge is 0.171 e. The Balaban J connectivity index is 2.55. The maximum absolute atomic E-state index is 9.24. The number of nitrogens with zero attached hydrogens (tertiary/aromatic N) is 1. The Morgan fingerprint density at radius 3 is 3.21 bits per heavy atom. The van der Waals surface area contributed by atoms with Crippen molar-refractivity contribution >= 4 is 11.6 Å². The summed E-state index contributed by atoms with van der Waals surface area (Å²) in [4.78, 5) is 3.90. The van der Waals surface area contributed by atoms with E-state index in [1.807, 2.05) is 0 Å². The number of ether oxygens (including phenoxy) is 1. The molecular formula is C9H11ClN2O2. The van der Waals surface area contributed by atoms with Gasteiger partial charge in [-0.1, -0.05) is 11.6 Å². The maximum atomic E-state index is 9.24. The number of pyridine rings is 1. The lowest BCUT2D eigenvalue weighted by Gasteiger charge is -2.33. The first kappa shape index (κ1) is 9.71. The van der Waals surface area contributed by atoms with E-state index >= 15 is 0 Å². The van der Waals surface area contributed by atoms with E-state index in [0.717, 1.165) is 5.56 Å². The van der Waals surface area contributed by atoms with Crippen LogP contribution in [0.25, 0.3) is 0 Å². The van der Waals surface area contributed by atoms with Gasteiger partial charge in [-0.05, 0) is 6.07 Å². The minimum Gasteiger partial charge on any atom is -0.490 e. The minimum atomic E-state index is -0.750. The molecule has 0 spiro atoms. The summed E-state index contributed by atoms with van der Waals surface area (Å²) in [5.41, 5.74) is 6.00. The second-order valence-electron chi connectivity index (χ2n) is 3.39. The average molecular weight is 215 g/mol. The van der Waals surface area contributed by atoms with Crippen LogP contribution in [0.15, 0.2) is 12.3 Å². The van der Waals surface area contributed by atoms with E-state index in [1.165, 1.54) is 0 Å². The minimum absolute atomic E-state index is 0.121. The molecule has 5 heteroatoms. The van der Waals surface area contributed by atoms with Crippen LogP contribution in [0.1, 0.15) is 12.0 Å². The van der Waals surface area contributed by atoms with Crippen molar-refractivity contribution in [2.45, 2.75) is 12.0 Å². The van der Waals surface area contributed by atoms with Crippen molar-refractivity contribution in [3.05, 3.63) is 23.0 Å². The number of aromatic nitrogens is 1. The molecule has 4 nitrogen and oxygen atoms in total. The molecule has 1 atom stereocenters. The largest absolute Gasteiger partial charge is 0.490 e. The van der Waals surface area contributed by atoms with Gasteiger partial charge in [0.2, 0.25) is 0 Å². The van der Waals surface area contributed by atoms with Gasteiger partial charge >= 0.3 is 0 Å². The van der Waals surface area contributed by atoms with Crippen LogP contribution >= 0.6 is 11.6 Å². The fourth-order valence-electron chi connectivity index (χ4n) is 1.59. The molecule has 0 bridgehead atoms. The Labute approximate surface area is 86.7 Å². The number of halogens is 1. The van der Waals surface area contributed by atoms with Crippen molar-refractivity contribution in [1.82, 2.24) is 4.98 Å². The first-order valence-corrected chi connectivity index (χ1v) is 4.73. The molecule has 2 rings (SSSR count). The standard InChI is InChI=1S/C9H11ClN2O2/c10-8-7-6(1-3-12-8)9(11,5-13)2-4-14-7/h1,3,13H,2,4-5,11H2. The van der Waals surface area contributed by atoms with Gasteiger partial charge in [0, 0.05) is 18.2 Å². The molecule has 1 aliphatic rings. The highest BCUT2D eigenvalue weighted by Gasteiger charge is 2.34.